The first-order chi connectivity index (χ1) is 16.0. The summed E-state index contributed by atoms with van der Waals surface area (Å²) in [4.78, 5) is 32.3. The topological polar surface area (TPSA) is 89.5 Å². The van der Waals surface area contributed by atoms with Crippen molar-refractivity contribution in [1.82, 2.24) is 10.2 Å². The minimum Gasteiger partial charge on any atom is -0.493 e. The number of methoxy groups -OCH3 is 2. The third-order valence-electron chi connectivity index (χ3n) is 5.56. The van der Waals surface area contributed by atoms with E-state index >= 15 is 0 Å². The van der Waals surface area contributed by atoms with E-state index < -0.39 is 12.0 Å². The molecule has 2 aliphatic heterocycles. The number of ether oxygens (including phenoxy) is 3. The van der Waals surface area contributed by atoms with Crippen LogP contribution in [0, 0.1) is 0 Å². The van der Waals surface area contributed by atoms with Crippen LogP contribution in [0.15, 0.2) is 58.2 Å². The number of esters is 1. The molecule has 0 bridgehead atoms. The van der Waals surface area contributed by atoms with E-state index in [2.05, 4.69) is 16.9 Å². The van der Waals surface area contributed by atoms with Crippen LogP contribution in [0.5, 0.6) is 11.5 Å². The second kappa shape index (κ2) is 9.74. The fourth-order valence-electron chi connectivity index (χ4n) is 3.85. The Balaban J connectivity index is 1.74. The summed E-state index contributed by atoms with van der Waals surface area (Å²) >= 11 is 1.44. The molecule has 0 unspecified atom stereocenters. The van der Waals surface area contributed by atoms with Crippen molar-refractivity contribution in [3.05, 3.63) is 58.8 Å². The summed E-state index contributed by atoms with van der Waals surface area (Å²) in [6.07, 6.45) is 3.76. The summed E-state index contributed by atoms with van der Waals surface area (Å²) in [7, 11) is 3.14. The van der Waals surface area contributed by atoms with Crippen LogP contribution in [0.4, 0.5) is 0 Å². The predicted octanol–water partition coefficient (Wildman–Crippen LogP) is 3.68. The SMILES string of the molecule is C=CCOC(=O)C1=C(C)N=C2SC=C(CC(=O)NC3CC3)N2[C@@H]1c1ccc(OC)c(OC)c1. The van der Waals surface area contributed by atoms with Crippen LogP contribution in [0.1, 0.15) is 37.8 Å². The highest BCUT2D eigenvalue weighted by atomic mass is 32.2. The molecule has 0 saturated heterocycles. The first-order valence-electron chi connectivity index (χ1n) is 10.7. The van der Waals surface area contributed by atoms with Crippen molar-refractivity contribution < 1.29 is 23.8 Å². The second-order valence-electron chi connectivity index (χ2n) is 7.91. The van der Waals surface area contributed by atoms with E-state index in [1.807, 2.05) is 22.4 Å². The number of hydrogen-bond donors (Lipinski definition) is 1. The zero-order chi connectivity index (χ0) is 23.5. The number of carbonyl (C=O) groups excluding carboxylic acids is 2. The number of rotatable bonds is 9. The summed E-state index contributed by atoms with van der Waals surface area (Å²) in [5.41, 5.74) is 2.54. The van der Waals surface area contributed by atoms with E-state index in [9.17, 15) is 9.59 Å². The molecule has 1 fully saturated rings. The van der Waals surface area contributed by atoms with Gasteiger partial charge in [0.05, 0.1) is 38.0 Å². The maximum atomic E-state index is 13.1. The van der Waals surface area contributed by atoms with Gasteiger partial charge < -0.3 is 24.4 Å². The Hall–Kier alpha value is -3.20. The van der Waals surface area contributed by atoms with Crippen LogP contribution in [0.2, 0.25) is 0 Å². The molecule has 0 spiro atoms. The summed E-state index contributed by atoms with van der Waals surface area (Å²) in [5, 5.41) is 5.66. The van der Waals surface area contributed by atoms with Gasteiger partial charge in [-0.05, 0) is 42.9 Å². The Morgan fingerprint density at radius 2 is 2.03 bits per heavy atom. The lowest BCUT2D eigenvalue weighted by molar-refractivity contribution is -0.138. The number of aliphatic imine (C=N–C) groups is 1. The molecule has 1 aromatic rings. The molecular formula is C24H27N3O5S. The Morgan fingerprint density at radius 3 is 2.70 bits per heavy atom. The van der Waals surface area contributed by atoms with E-state index in [-0.39, 0.29) is 25.0 Å². The molecule has 2 heterocycles. The van der Waals surface area contributed by atoms with E-state index in [0.29, 0.717) is 27.9 Å². The molecule has 33 heavy (non-hydrogen) atoms. The van der Waals surface area contributed by atoms with Gasteiger partial charge in [0.15, 0.2) is 16.7 Å². The number of thioether (sulfide) groups is 1. The molecular weight excluding hydrogens is 442 g/mol. The number of fused-ring (bicyclic) bond motifs is 1. The summed E-state index contributed by atoms with van der Waals surface area (Å²) in [6.45, 7) is 5.51. The molecule has 174 valence electrons. The Morgan fingerprint density at radius 1 is 1.27 bits per heavy atom. The van der Waals surface area contributed by atoms with E-state index in [1.165, 1.54) is 17.8 Å². The minimum atomic E-state index is -0.537. The first kappa shape index (κ1) is 23.0. The normalized spacial score (nSPS) is 19.4. The molecule has 1 saturated carbocycles. The molecule has 0 aromatic heterocycles. The Labute approximate surface area is 197 Å². The Bertz CT molecular complexity index is 1070. The molecule has 1 amide bonds. The molecule has 1 N–H and O–H groups in total. The van der Waals surface area contributed by atoms with Crippen molar-refractivity contribution in [1.29, 1.82) is 0 Å². The van der Waals surface area contributed by atoms with Gasteiger partial charge in [0.1, 0.15) is 6.61 Å². The molecule has 1 atom stereocenters. The number of carbonyl (C=O) groups is 2. The van der Waals surface area contributed by atoms with Gasteiger partial charge in [0.25, 0.3) is 0 Å². The Kier molecular flexibility index (Phi) is 6.78. The number of benzene rings is 1. The maximum absolute atomic E-state index is 13.1. The lowest BCUT2D eigenvalue weighted by Crippen LogP contribution is -2.38. The zero-order valence-corrected chi connectivity index (χ0v) is 19.7. The van der Waals surface area contributed by atoms with Crippen molar-refractivity contribution in [3.63, 3.8) is 0 Å². The highest BCUT2D eigenvalue weighted by Gasteiger charge is 2.41. The van der Waals surface area contributed by atoms with Gasteiger partial charge >= 0.3 is 5.97 Å². The number of nitrogens with zero attached hydrogens (tertiary/aromatic N) is 2. The summed E-state index contributed by atoms with van der Waals surface area (Å²) < 4.78 is 16.3. The number of hydrogen-bond acceptors (Lipinski definition) is 8. The molecule has 8 nitrogen and oxygen atoms in total. The van der Waals surface area contributed by atoms with Gasteiger partial charge in [-0.3, -0.25) is 4.79 Å². The highest BCUT2D eigenvalue weighted by molar-refractivity contribution is 8.16. The van der Waals surface area contributed by atoms with Crippen molar-refractivity contribution in [2.45, 2.75) is 38.3 Å². The van der Waals surface area contributed by atoms with Crippen molar-refractivity contribution in [3.8, 4) is 11.5 Å². The lowest BCUT2D eigenvalue weighted by Gasteiger charge is -2.36. The smallest absolute Gasteiger partial charge is 0.338 e. The van der Waals surface area contributed by atoms with Crippen molar-refractivity contribution in [2.75, 3.05) is 20.8 Å². The number of nitrogens with one attached hydrogen (secondary N) is 1. The molecule has 1 aromatic carbocycles. The van der Waals surface area contributed by atoms with Crippen LogP contribution >= 0.6 is 11.8 Å². The molecule has 9 heteroatoms. The van der Waals surface area contributed by atoms with Crippen LogP contribution < -0.4 is 14.8 Å². The fourth-order valence-corrected chi connectivity index (χ4v) is 4.82. The van der Waals surface area contributed by atoms with Gasteiger partial charge in [0.2, 0.25) is 5.91 Å². The summed E-state index contributed by atoms with van der Waals surface area (Å²) in [6, 6.07) is 5.26. The monoisotopic (exact) mass is 469 g/mol. The van der Waals surface area contributed by atoms with Crippen molar-refractivity contribution in [2.24, 2.45) is 4.99 Å². The summed E-state index contributed by atoms with van der Waals surface area (Å²) in [5.74, 6) is 0.601. The number of amidine groups is 1. The van der Waals surface area contributed by atoms with E-state index in [4.69, 9.17) is 14.2 Å². The number of allylic oxidation sites excluding steroid dienone is 1. The van der Waals surface area contributed by atoms with E-state index in [1.54, 1.807) is 27.2 Å². The van der Waals surface area contributed by atoms with Gasteiger partial charge in [-0.2, -0.15) is 0 Å². The molecule has 4 rings (SSSR count). The molecule has 3 aliphatic rings. The van der Waals surface area contributed by atoms with Gasteiger partial charge in [-0.1, -0.05) is 30.5 Å². The van der Waals surface area contributed by atoms with Gasteiger partial charge in [-0.25, -0.2) is 9.79 Å². The third-order valence-corrected chi connectivity index (χ3v) is 6.45. The van der Waals surface area contributed by atoms with Crippen LogP contribution in [-0.4, -0.2) is 48.8 Å². The van der Waals surface area contributed by atoms with Gasteiger partial charge in [0, 0.05) is 11.7 Å². The lowest BCUT2D eigenvalue weighted by atomic mass is 9.93. The molecule has 0 radical (unpaired) electrons. The van der Waals surface area contributed by atoms with Crippen LogP contribution in [0.25, 0.3) is 0 Å². The zero-order valence-electron chi connectivity index (χ0n) is 18.9. The van der Waals surface area contributed by atoms with Crippen LogP contribution in [0.3, 0.4) is 0 Å². The maximum Gasteiger partial charge on any atom is 0.338 e. The highest BCUT2D eigenvalue weighted by Crippen LogP contribution is 2.46. The van der Waals surface area contributed by atoms with Crippen molar-refractivity contribution >= 4 is 28.8 Å². The van der Waals surface area contributed by atoms with Crippen LogP contribution in [-0.2, 0) is 14.3 Å². The van der Waals surface area contributed by atoms with Gasteiger partial charge in [-0.15, -0.1) is 0 Å². The minimum absolute atomic E-state index is 0.0429. The molecule has 1 aliphatic carbocycles. The quantitative estimate of drug-likeness (QED) is 0.436. The van der Waals surface area contributed by atoms with E-state index in [0.717, 1.165) is 24.1 Å². The number of amides is 1. The standard InChI is InChI=1S/C24H27N3O5S/c1-5-10-32-23(29)21-14(2)25-24-27(17(13-33-24)12-20(28)26-16-7-8-16)22(21)15-6-9-18(30-3)19(11-15)31-4/h5-6,9,11,13,16,22H,1,7-8,10,12H2,2-4H3,(H,26,28)/t22-/m1/s1. The fraction of sp³-hybridized carbons (Fsp3) is 0.375. The largest absolute Gasteiger partial charge is 0.493 e. The average molecular weight is 470 g/mol. The average Bonchev–Trinajstić information content (AvgIpc) is 3.54. The third kappa shape index (κ3) is 4.78. The predicted molar refractivity (Wildman–Crippen MR) is 127 cm³/mol. The second-order valence-corrected chi connectivity index (χ2v) is 8.75. The first-order valence-corrected chi connectivity index (χ1v) is 11.6.